The first-order chi connectivity index (χ1) is 17.5. The molecule has 4 aromatic rings. The summed E-state index contributed by atoms with van der Waals surface area (Å²) in [5.74, 6) is -0.128. The molecule has 0 spiro atoms. The molecule has 1 aliphatic heterocycles. The highest BCUT2D eigenvalue weighted by Gasteiger charge is 2.29. The summed E-state index contributed by atoms with van der Waals surface area (Å²) in [6, 6.07) is 25.7. The molecule has 1 N–H and O–H groups in total. The van der Waals surface area contributed by atoms with Gasteiger partial charge in [-0.25, -0.2) is 0 Å². The molecule has 180 valence electrons. The predicted molar refractivity (Wildman–Crippen MR) is 149 cm³/mol. The van der Waals surface area contributed by atoms with E-state index in [1.807, 2.05) is 58.8 Å². The van der Waals surface area contributed by atoms with E-state index >= 15 is 0 Å². The van der Waals surface area contributed by atoms with Gasteiger partial charge in [0.2, 0.25) is 0 Å². The molecule has 0 bridgehead atoms. The molecule has 0 unspecified atom stereocenters. The maximum Gasteiger partial charge on any atom is 0.265 e. The highest BCUT2D eigenvalue weighted by atomic mass is 32.2. The number of anilines is 1. The molecule has 3 aromatic carbocycles. The normalized spacial score (nSPS) is 14.1. The summed E-state index contributed by atoms with van der Waals surface area (Å²) in [6.07, 6.45) is 1.91. The summed E-state index contributed by atoms with van der Waals surface area (Å²) in [5.41, 5.74) is 5.90. The molecule has 0 atom stereocenters. The second-order valence-corrected chi connectivity index (χ2v) is 10.9. The second kappa shape index (κ2) is 10.6. The number of thioether (sulfide) groups is 1. The second-order valence-electron chi connectivity index (χ2n) is 8.78. The van der Waals surface area contributed by atoms with Crippen LogP contribution in [0.5, 0.6) is 0 Å². The van der Waals surface area contributed by atoms with E-state index in [9.17, 15) is 9.59 Å². The van der Waals surface area contributed by atoms with Crippen LogP contribution in [0.15, 0.2) is 94.0 Å². The van der Waals surface area contributed by atoms with E-state index in [1.54, 1.807) is 23.5 Å². The van der Waals surface area contributed by atoms with Gasteiger partial charge in [0.05, 0.1) is 23.7 Å². The van der Waals surface area contributed by atoms with E-state index in [0.29, 0.717) is 23.6 Å². The lowest BCUT2D eigenvalue weighted by Crippen LogP contribution is -2.34. The Bertz CT molecular complexity index is 1440. The molecule has 36 heavy (non-hydrogen) atoms. The van der Waals surface area contributed by atoms with E-state index in [0.717, 1.165) is 26.6 Å². The van der Waals surface area contributed by atoms with Crippen molar-refractivity contribution in [3.8, 4) is 0 Å². The zero-order valence-electron chi connectivity index (χ0n) is 20.2. The number of amides is 2. The summed E-state index contributed by atoms with van der Waals surface area (Å²) in [7, 11) is 0. The lowest BCUT2D eigenvalue weighted by atomic mass is 10.0. The predicted octanol–water partition coefficient (Wildman–Crippen LogP) is 6.97. The van der Waals surface area contributed by atoms with Crippen LogP contribution in [0, 0.1) is 13.8 Å². The van der Waals surface area contributed by atoms with Crippen LogP contribution in [0.3, 0.4) is 0 Å². The summed E-state index contributed by atoms with van der Waals surface area (Å²) >= 11 is 3.11. The van der Waals surface area contributed by atoms with Gasteiger partial charge in [0.15, 0.2) is 0 Å². The van der Waals surface area contributed by atoms with Gasteiger partial charge < -0.3 is 10.2 Å². The fourth-order valence-corrected chi connectivity index (χ4v) is 5.83. The minimum Gasteiger partial charge on any atom is -0.347 e. The quantitative estimate of drug-likeness (QED) is 0.285. The van der Waals surface area contributed by atoms with Crippen molar-refractivity contribution in [2.24, 2.45) is 0 Å². The first-order valence-electron chi connectivity index (χ1n) is 11.7. The van der Waals surface area contributed by atoms with Gasteiger partial charge >= 0.3 is 0 Å². The molecule has 6 heteroatoms. The van der Waals surface area contributed by atoms with Crippen molar-refractivity contribution in [2.45, 2.75) is 31.8 Å². The maximum atomic E-state index is 13.6. The van der Waals surface area contributed by atoms with Crippen LogP contribution in [-0.2, 0) is 17.9 Å². The maximum absolute atomic E-state index is 13.6. The van der Waals surface area contributed by atoms with Gasteiger partial charge in [-0.2, -0.15) is 0 Å². The van der Waals surface area contributed by atoms with E-state index in [-0.39, 0.29) is 11.8 Å². The van der Waals surface area contributed by atoms with Crippen molar-refractivity contribution >= 4 is 46.7 Å². The number of para-hydroxylation sites is 1. The van der Waals surface area contributed by atoms with Crippen LogP contribution in [0.2, 0.25) is 0 Å². The fourth-order valence-electron chi connectivity index (χ4n) is 4.12. The first kappa shape index (κ1) is 24.1. The number of rotatable bonds is 6. The number of carbonyl (C=O) groups excluding carboxylic acids is 2. The van der Waals surface area contributed by atoms with Gasteiger partial charge in [0.1, 0.15) is 0 Å². The van der Waals surface area contributed by atoms with Gasteiger partial charge in [-0.1, -0.05) is 65.9 Å². The summed E-state index contributed by atoms with van der Waals surface area (Å²) < 4.78 is 0. The molecule has 2 amide bonds. The van der Waals surface area contributed by atoms with Crippen molar-refractivity contribution in [1.29, 1.82) is 0 Å². The first-order valence-corrected chi connectivity index (χ1v) is 13.4. The van der Waals surface area contributed by atoms with E-state index in [1.165, 1.54) is 22.9 Å². The van der Waals surface area contributed by atoms with E-state index in [2.05, 4.69) is 43.4 Å². The third-order valence-electron chi connectivity index (χ3n) is 6.14. The molecule has 5 rings (SSSR count). The molecule has 0 radical (unpaired) electrons. The van der Waals surface area contributed by atoms with Crippen LogP contribution >= 0.6 is 23.1 Å². The van der Waals surface area contributed by atoms with Crippen molar-refractivity contribution in [2.75, 3.05) is 4.90 Å². The molecule has 0 aliphatic carbocycles. The number of hydrogen-bond acceptors (Lipinski definition) is 4. The Morgan fingerprint density at radius 3 is 2.56 bits per heavy atom. The Balaban J connectivity index is 1.37. The van der Waals surface area contributed by atoms with E-state index < -0.39 is 0 Å². The molecule has 0 saturated heterocycles. The highest BCUT2D eigenvalue weighted by Crippen LogP contribution is 2.42. The van der Waals surface area contributed by atoms with Crippen LogP contribution in [0.4, 0.5) is 5.69 Å². The molecule has 1 aromatic heterocycles. The van der Waals surface area contributed by atoms with Gasteiger partial charge in [-0.05, 0) is 72.3 Å². The zero-order chi connectivity index (χ0) is 25.1. The van der Waals surface area contributed by atoms with E-state index in [4.69, 9.17) is 0 Å². The number of hydrogen-bond donors (Lipinski definition) is 1. The topological polar surface area (TPSA) is 49.4 Å². The molecule has 4 nitrogen and oxygen atoms in total. The van der Waals surface area contributed by atoms with Gasteiger partial charge in [-0.15, -0.1) is 11.3 Å². The Morgan fingerprint density at radius 2 is 1.78 bits per heavy atom. The average molecular weight is 511 g/mol. The van der Waals surface area contributed by atoms with Crippen LogP contribution in [0.1, 0.15) is 37.5 Å². The standard InChI is InChI=1S/C30H26N2O2S2/c1-20-9-10-21(2)24(16-20)19-32-26-7-3-4-8-27(26)36-28(30(32)34)17-22-11-13-23(14-12-22)29(33)31-18-25-6-5-15-35-25/h3-17H,18-19H2,1-2H3,(H,31,33)/b28-17-. The van der Waals surface area contributed by atoms with Crippen LogP contribution < -0.4 is 10.2 Å². The third-order valence-corrected chi connectivity index (χ3v) is 8.09. The van der Waals surface area contributed by atoms with Crippen LogP contribution in [0.25, 0.3) is 6.08 Å². The van der Waals surface area contributed by atoms with Crippen molar-refractivity contribution in [3.63, 3.8) is 0 Å². The Labute approximate surface area is 219 Å². The summed E-state index contributed by atoms with van der Waals surface area (Å²) in [4.78, 5) is 30.8. The summed E-state index contributed by atoms with van der Waals surface area (Å²) in [5, 5.41) is 4.94. The average Bonchev–Trinajstić information content (AvgIpc) is 3.41. The van der Waals surface area contributed by atoms with Gasteiger partial charge in [-0.3, -0.25) is 9.59 Å². The Morgan fingerprint density at radius 1 is 0.972 bits per heavy atom. The van der Waals surface area contributed by atoms with Crippen LogP contribution in [-0.4, -0.2) is 11.8 Å². The zero-order valence-corrected chi connectivity index (χ0v) is 21.8. The molecule has 0 saturated carbocycles. The van der Waals surface area contributed by atoms with Gasteiger partial charge in [0, 0.05) is 15.3 Å². The Kier molecular flexibility index (Phi) is 7.07. The lowest BCUT2D eigenvalue weighted by molar-refractivity contribution is -0.114. The molecule has 2 heterocycles. The van der Waals surface area contributed by atoms with Crippen molar-refractivity contribution < 1.29 is 9.59 Å². The minimum absolute atomic E-state index is 0.0163. The third kappa shape index (κ3) is 5.30. The monoisotopic (exact) mass is 510 g/mol. The molecular formula is C30H26N2O2S2. The summed E-state index contributed by atoms with van der Waals surface area (Å²) in [6.45, 7) is 5.19. The van der Waals surface area contributed by atoms with Gasteiger partial charge in [0.25, 0.3) is 11.8 Å². The number of thiophene rings is 1. The minimum atomic E-state index is -0.112. The number of nitrogens with one attached hydrogen (secondary N) is 1. The number of nitrogens with zero attached hydrogens (tertiary/aromatic N) is 1. The highest BCUT2D eigenvalue weighted by molar-refractivity contribution is 8.04. The van der Waals surface area contributed by atoms with Crippen molar-refractivity contribution in [1.82, 2.24) is 5.32 Å². The number of benzene rings is 3. The number of aryl methyl sites for hydroxylation is 2. The smallest absolute Gasteiger partial charge is 0.265 e. The molecule has 0 fully saturated rings. The largest absolute Gasteiger partial charge is 0.347 e. The molecular weight excluding hydrogens is 484 g/mol. The lowest BCUT2D eigenvalue weighted by Gasteiger charge is -2.31. The SMILES string of the molecule is Cc1ccc(C)c(CN2C(=O)/C(=C/c3ccc(C(=O)NCc4cccs4)cc3)Sc3ccccc32)c1. The molecule has 1 aliphatic rings. The Hall–Kier alpha value is -3.61. The number of fused-ring (bicyclic) bond motifs is 1. The fraction of sp³-hybridized carbons (Fsp3) is 0.133. The van der Waals surface area contributed by atoms with Crippen molar-refractivity contribution in [3.05, 3.63) is 122 Å². The number of carbonyl (C=O) groups is 2.